The SMILES string of the molecule is C=C(C)C(=O)O.C=C(C)C(=O)O.C=C(C)C(=O)O.CCC(C)(C)CO. The summed E-state index contributed by atoms with van der Waals surface area (Å²) in [6, 6.07) is 0. The molecular weight excluding hydrogens is 328 g/mol. The molecule has 0 aliphatic rings. The number of carboxylic acid groups (broad SMARTS) is 3. The lowest BCUT2D eigenvalue weighted by atomic mass is 9.92. The van der Waals surface area contributed by atoms with Gasteiger partial charge in [0.1, 0.15) is 0 Å². The van der Waals surface area contributed by atoms with Gasteiger partial charge in [-0.15, -0.1) is 0 Å². The van der Waals surface area contributed by atoms with E-state index in [1.807, 2.05) is 13.8 Å². The normalized spacial score (nSPS) is 8.76. The van der Waals surface area contributed by atoms with E-state index in [1.165, 1.54) is 20.8 Å². The Balaban J connectivity index is -0.000000118. The van der Waals surface area contributed by atoms with Gasteiger partial charge in [-0.05, 0) is 32.6 Å². The highest BCUT2D eigenvalue weighted by atomic mass is 16.4. The zero-order valence-corrected chi connectivity index (χ0v) is 16.0. The number of carbonyl (C=O) groups is 3. The quantitative estimate of drug-likeness (QED) is 0.553. The first-order chi connectivity index (χ1) is 11.0. The lowest BCUT2D eigenvalue weighted by molar-refractivity contribution is -0.133. The summed E-state index contributed by atoms with van der Waals surface area (Å²) < 4.78 is 0. The fourth-order valence-electron chi connectivity index (χ4n) is 0.112. The predicted molar refractivity (Wildman–Crippen MR) is 98.5 cm³/mol. The Hall–Kier alpha value is -2.41. The molecule has 0 rings (SSSR count). The largest absolute Gasteiger partial charge is 0.478 e. The topological polar surface area (TPSA) is 132 Å². The highest BCUT2D eigenvalue weighted by molar-refractivity contribution is 5.85. The minimum Gasteiger partial charge on any atom is -0.478 e. The Bertz CT molecular complexity index is 375. The predicted octanol–water partition coefficient (Wildman–Crippen LogP) is 3.36. The average molecular weight is 360 g/mol. The van der Waals surface area contributed by atoms with Crippen molar-refractivity contribution in [1.82, 2.24) is 0 Å². The molecule has 0 amide bonds. The molecule has 7 heteroatoms. The van der Waals surface area contributed by atoms with Gasteiger partial charge in [0.05, 0.1) is 0 Å². The van der Waals surface area contributed by atoms with Crippen LogP contribution in [0.25, 0.3) is 0 Å². The summed E-state index contributed by atoms with van der Waals surface area (Å²) >= 11 is 0. The Labute approximate surface area is 150 Å². The summed E-state index contributed by atoms with van der Waals surface area (Å²) in [4.78, 5) is 28.8. The van der Waals surface area contributed by atoms with Gasteiger partial charge < -0.3 is 20.4 Å². The zero-order chi connectivity index (χ0) is 21.4. The van der Waals surface area contributed by atoms with E-state index in [-0.39, 0.29) is 22.1 Å². The number of hydrogen-bond acceptors (Lipinski definition) is 4. The molecule has 146 valence electrons. The van der Waals surface area contributed by atoms with Crippen molar-refractivity contribution in [2.45, 2.75) is 48.0 Å². The molecule has 0 heterocycles. The molecule has 0 aromatic rings. The van der Waals surface area contributed by atoms with Gasteiger partial charge in [0.2, 0.25) is 0 Å². The average Bonchev–Trinajstić information content (AvgIpc) is 2.48. The molecule has 0 aliphatic heterocycles. The third kappa shape index (κ3) is 34.1. The molecule has 0 saturated heterocycles. The molecule has 0 spiro atoms. The van der Waals surface area contributed by atoms with Crippen molar-refractivity contribution in [3.05, 3.63) is 36.5 Å². The van der Waals surface area contributed by atoms with E-state index in [1.54, 1.807) is 0 Å². The molecular formula is C18H32O7. The first kappa shape index (κ1) is 30.5. The van der Waals surface area contributed by atoms with E-state index in [9.17, 15) is 14.4 Å². The van der Waals surface area contributed by atoms with Crippen LogP contribution in [0.5, 0.6) is 0 Å². The maximum absolute atomic E-state index is 9.60. The van der Waals surface area contributed by atoms with E-state index in [0.717, 1.165) is 6.42 Å². The molecule has 0 bridgehead atoms. The molecule has 0 aliphatic carbocycles. The summed E-state index contributed by atoms with van der Waals surface area (Å²) in [6.45, 7) is 20.3. The van der Waals surface area contributed by atoms with Crippen molar-refractivity contribution >= 4 is 17.9 Å². The Morgan fingerprint density at radius 2 is 0.920 bits per heavy atom. The van der Waals surface area contributed by atoms with Crippen molar-refractivity contribution in [3.63, 3.8) is 0 Å². The van der Waals surface area contributed by atoms with Crippen molar-refractivity contribution in [1.29, 1.82) is 0 Å². The highest BCUT2D eigenvalue weighted by Crippen LogP contribution is 2.16. The van der Waals surface area contributed by atoms with Crippen molar-refractivity contribution in [2.75, 3.05) is 6.61 Å². The van der Waals surface area contributed by atoms with Crippen LogP contribution in [0.4, 0.5) is 0 Å². The van der Waals surface area contributed by atoms with Crippen molar-refractivity contribution in [2.24, 2.45) is 5.41 Å². The van der Waals surface area contributed by atoms with Gasteiger partial charge >= 0.3 is 17.9 Å². The van der Waals surface area contributed by atoms with Crippen LogP contribution in [0.3, 0.4) is 0 Å². The van der Waals surface area contributed by atoms with E-state index in [4.69, 9.17) is 20.4 Å². The van der Waals surface area contributed by atoms with Gasteiger partial charge in [-0.3, -0.25) is 0 Å². The number of carboxylic acids is 3. The van der Waals surface area contributed by atoms with Gasteiger partial charge in [-0.2, -0.15) is 0 Å². The maximum Gasteiger partial charge on any atom is 0.330 e. The van der Waals surface area contributed by atoms with Crippen LogP contribution in [0.15, 0.2) is 36.5 Å². The molecule has 0 radical (unpaired) electrons. The maximum atomic E-state index is 9.60. The van der Waals surface area contributed by atoms with Gasteiger partial charge in [0.25, 0.3) is 0 Å². The first-order valence-corrected chi connectivity index (χ1v) is 7.32. The monoisotopic (exact) mass is 360 g/mol. The highest BCUT2D eigenvalue weighted by Gasteiger charge is 2.11. The van der Waals surface area contributed by atoms with Gasteiger partial charge in [0, 0.05) is 23.3 Å². The van der Waals surface area contributed by atoms with Crippen LogP contribution in [0, 0.1) is 5.41 Å². The molecule has 4 N–H and O–H groups in total. The van der Waals surface area contributed by atoms with E-state index < -0.39 is 17.9 Å². The second-order valence-corrected chi connectivity index (χ2v) is 5.93. The number of aliphatic carboxylic acids is 3. The molecule has 0 atom stereocenters. The number of aliphatic hydroxyl groups is 1. The van der Waals surface area contributed by atoms with Crippen LogP contribution in [0.2, 0.25) is 0 Å². The number of aliphatic hydroxyl groups excluding tert-OH is 1. The number of rotatable bonds is 5. The van der Waals surface area contributed by atoms with Crippen LogP contribution in [0.1, 0.15) is 48.0 Å². The fourth-order valence-corrected chi connectivity index (χ4v) is 0.112. The fraction of sp³-hybridized carbons (Fsp3) is 0.500. The summed E-state index contributed by atoms with van der Waals surface area (Å²) in [7, 11) is 0. The molecule has 0 aromatic heterocycles. The smallest absolute Gasteiger partial charge is 0.330 e. The lowest BCUT2D eigenvalue weighted by Crippen LogP contribution is -2.14. The molecule has 0 fully saturated rings. The second-order valence-electron chi connectivity index (χ2n) is 5.93. The molecule has 25 heavy (non-hydrogen) atoms. The Morgan fingerprint density at radius 3 is 0.920 bits per heavy atom. The van der Waals surface area contributed by atoms with Crippen molar-refractivity contribution < 1.29 is 34.8 Å². The van der Waals surface area contributed by atoms with Gasteiger partial charge in [-0.1, -0.05) is 40.5 Å². The second kappa shape index (κ2) is 16.4. The Kier molecular flexibility index (Phi) is 20.0. The minimum atomic E-state index is -0.935. The zero-order valence-electron chi connectivity index (χ0n) is 16.0. The van der Waals surface area contributed by atoms with E-state index in [2.05, 4.69) is 26.7 Å². The third-order valence-corrected chi connectivity index (χ3v) is 2.48. The van der Waals surface area contributed by atoms with Crippen molar-refractivity contribution in [3.8, 4) is 0 Å². The van der Waals surface area contributed by atoms with Crippen LogP contribution >= 0.6 is 0 Å². The van der Waals surface area contributed by atoms with Gasteiger partial charge in [0.15, 0.2) is 0 Å². The van der Waals surface area contributed by atoms with Crippen LogP contribution in [-0.2, 0) is 14.4 Å². The van der Waals surface area contributed by atoms with Gasteiger partial charge in [-0.25, -0.2) is 14.4 Å². The van der Waals surface area contributed by atoms with E-state index >= 15 is 0 Å². The number of hydrogen-bond donors (Lipinski definition) is 4. The van der Waals surface area contributed by atoms with Crippen LogP contribution in [-0.4, -0.2) is 44.9 Å². The third-order valence-electron chi connectivity index (χ3n) is 2.48. The van der Waals surface area contributed by atoms with Crippen LogP contribution < -0.4 is 0 Å². The summed E-state index contributed by atoms with van der Waals surface area (Å²) in [5.41, 5.74) is 0.667. The Morgan fingerprint density at radius 1 is 0.760 bits per heavy atom. The molecule has 0 unspecified atom stereocenters. The lowest BCUT2D eigenvalue weighted by Gasteiger charge is -2.17. The summed E-state index contributed by atoms with van der Waals surface area (Å²) in [6.07, 6.45) is 1.05. The van der Waals surface area contributed by atoms with E-state index in [0.29, 0.717) is 6.61 Å². The summed E-state index contributed by atoms with van der Waals surface area (Å²) in [5.74, 6) is -2.81. The minimum absolute atomic E-state index is 0.139. The summed E-state index contributed by atoms with van der Waals surface area (Å²) in [5, 5.41) is 32.3. The first-order valence-electron chi connectivity index (χ1n) is 7.32. The molecule has 7 nitrogen and oxygen atoms in total. The molecule has 0 saturated carbocycles. The molecule has 0 aromatic carbocycles. The standard InChI is InChI=1S/C6H14O.3C4H6O2/c1-4-6(2,3)5-7;3*1-3(2)4(5)6/h7H,4-5H2,1-3H3;3*1H2,2H3,(H,5,6).